The number of hydrogen-bond acceptors (Lipinski definition) is 1. The van der Waals surface area contributed by atoms with Gasteiger partial charge in [-0.1, -0.05) is 30.3 Å². The van der Waals surface area contributed by atoms with Crippen LogP contribution >= 0.6 is 11.6 Å². The number of benzene rings is 1. The summed E-state index contributed by atoms with van der Waals surface area (Å²) >= 11 is 6.01. The molecule has 0 aliphatic carbocycles. The second-order valence-corrected chi connectivity index (χ2v) is 3.40. The fourth-order valence-corrected chi connectivity index (χ4v) is 1.60. The van der Waals surface area contributed by atoms with E-state index in [9.17, 15) is 0 Å². The van der Waals surface area contributed by atoms with Gasteiger partial charge in [-0.15, -0.1) is 0 Å². The zero-order valence-electron chi connectivity index (χ0n) is 7.93. The van der Waals surface area contributed by atoms with Gasteiger partial charge in [0.15, 0.2) is 0 Å². The van der Waals surface area contributed by atoms with Crippen molar-refractivity contribution in [2.75, 3.05) is 6.61 Å². The molecule has 0 bridgehead atoms. The molecular formula is C11H13ClO. The Morgan fingerprint density at radius 2 is 2.15 bits per heavy atom. The predicted octanol–water partition coefficient (Wildman–Crippen LogP) is 3.52. The average Bonchev–Trinajstić information content (AvgIpc) is 2.02. The fraction of sp³-hybridized carbons (Fsp3) is 0.273. The van der Waals surface area contributed by atoms with Gasteiger partial charge in [0.1, 0.15) is 12.4 Å². The number of rotatable bonds is 3. The number of hydrogen-bond donors (Lipinski definition) is 0. The molecule has 1 aromatic rings. The Hall–Kier alpha value is -0.950. The Balaban J connectivity index is 2.98. The molecule has 0 N–H and O–H groups in total. The number of halogens is 1. The highest BCUT2D eigenvalue weighted by molar-refractivity contribution is 6.32. The lowest BCUT2D eigenvalue weighted by Crippen LogP contribution is -1.96. The molecule has 0 radical (unpaired) electrons. The van der Waals surface area contributed by atoms with Crippen LogP contribution in [0.4, 0.5) is 0 Å². The van der Waals surface area contributed by atoms with Gasteiger partial charge in [0, 0.05) is 0 Å². The Kier molecular flexibility index (Phi) is 3.38. The molecule has 0 saturated heterocycles. The van der Waals surface area contributed by atoms with Crippen molar-refractivity contribution in [3.8, 4) is 5.75 Å². The maximum Gasteiger partial charge on any atom is 0.141 e. The number of ether oxygens (including phenoxy) is 1. The van der Waals surface area contributed by atoms with E-state index < -0.39 is 0 Å². The summed E-state index contributed by atoms with van der Waals surface area (Å²) in [6, 6.07) is 3.94. The molecule has 0 aliphatic heterocycles. The van der Waals surface area contributed by atoms with E-state index in [1.807, 2.05) is 26.0 Å². The molecule has 13 heavy (non-hydrogen) atoms. The zero-order chi connectivity index (χ0) is 9.84. The Bertz CT molecular complexity index is 295. The third-order valence-electron chi connectivity index (χ3n) is 1.72. The minimum absolute atomic E-state index is 0.490. The van der Waals surface area contributed by atoms with E-state index in [4.69, 9.17) is 16.3 Å². The van der Waals surface area contributed by atoms with Crippen LogP contribution in [0.2, 0.25) is 5.02 Å². The van der Waals surface area contributed by atoms with Gasteiger partial charge >= 0.3 is 0 Å². The van der Waals surface area contributed by atoms with Crippen LogP contribution in [0, 0.1) is 13.8 Å². The van der Waals surface area contributed by atoms with Gasteiger partial charge in [-0.3, -0.25) is 0 Å². The van der Waals surface area contributed by atoms with Crippen LogP contribution in [0.15, 0.2) is 24.8 Å². The molecule has 1 nitrogen and oxygen atoms in total. The van der Waals surface area contributed by atoms with E-state index in [1.54, 1.807) is 6.08 Å². The SMILES string of the molecule is C=CCOc1c(C)cc(C)cc1Cl. The minimum Gasteiger partial charge on any atom is -0.488 e. The minimum atomic E-state index is 0.490. The van der Waals surface area contributed by atoms with E-state index in [0.29, 0.717) is 11.6 Å². The maximum atomic E-state index is 6.01. The third-order valence-corrected chi connectivity index (χ3v) is 2.00. The topological polar surface area (TPSA) is 9.23 Å². The number of aryl methyl sites for hydroxylation is 2. The molecule has 0 unspecified atom stereocenters. The van der Waals surface area contributed by atoms with E-state index in [0.717, 1.165) is 16.9 Å². The first-order chi connectivity index (χ1) is 6.15. The Labute approximate surface area is 84.0 Å². The van der Waals surface area contributed by atoms with Crippen molar-refractivity contribution in [3.63, 3.8) is 0 Å². The second-order valence-electron chi connectivity index (χ2n) is 2.99. The highest BCUT2D eigenvalue weighted by Gasteiger charge is 2.05. The second kappa shape index (κ2) is 4.33. The molecule has 0 aliphatic rings. The van der Waals surface area contributed by atoms with Gasteiger partial charge in [-0.05, 0) is 31.0 Å². The van der Waals surface area contributed by atoms with Crippen LogP contribution in [0.5, 0.6) is 5.75 Å². The summed E-state index contributed by atoms with van der Waals surface area (Å²) in [5.74, 6) is 0.757. The maximum absolute atomic E-state index is 6.01. The molecule has 0 heterocycles. The largest absolute Gasteiger partial charge is 0.488 e. The van der Waals surface area contributed by atoms with Crippen molar-refractivity contribution in [1.29, 1.82) is 0 Å². The molecule has 0 aromatic heterocycles. The third kappa shape index (κ3) is 2.49. The van der Waals surface area contributed by atoms with Gasteiger partial charge in [0.25, 0.3) is 0 Å². The van der Waals surface area contributed by atoms with Gasteiger partial charge in [0.05, 0.1) is 5.02 Å². The molecule has 0 atom stereocenters. The van der Waals surface area contributed by atoms with Crippen LogP contribution in [-0.2, 0) is 0 Å². The van der Waals surface area contributed by atoms with Crippen LogP contribution in [-0.4, -0.2) is 6.61 Å². The summed E-state index contributed by atoms with van der Waals surface area (Å²) in [7, 11) is 0. The van der Waals surface area contributed by atoms with Gasteiger partial charge < -0.3 is 4.74 Å². The molecule has 2 heteroatoms. The quantitative estimate of drug-likeness (QED) is 0.673. The van der Waals surface area contributed by atoms with E-state index >= 15 is 0 Å². The lowest BCUT2D eigenvalue weighted by atomic mass is 10.1. The van der Waals surface area contributed by atoms with Crippen LogP contribution in [0.1, 0.15) is 11.1 Å². The van der Waals surface area contributed by atoms with E-state index in [-0.39, 0.29) is 0 Å². The van der Waals surface area contributed by atoms with Crippen molar-refractivity contribution >= 4 is 11.6 Å². The molecule has 0 amide bonds. The first kappa shape index (κ1) is 10.1. The highest BCUT2D eigenvalue weighted by Crippen LogP contribution is 2.29. The van der Waals surface area contributed by atoms with Crippen LogP contribution in [0.25, 0.3) is 0 Å². The summed E-state index contributed by atoms with van der Waals surface area (Å²) < 4.78 is 5.42. The van der Waals surface area contributed by atoms with Gasteiger partial charge in [-0.25, -0.2) is 0 Å². The normalized spacial score (nSPS) is 9.77. The van der Waals surface area contributed by atoms with Crippen molar-refractivity contribution in [2.45, 2.75) is 13.8 Å². The summed E-state index contributed by atoms with van der Waals surface area (Å²) in [5.41, 5.74) is 2.21. The average molecular weight is 197 g/mol. The monoisotopic (exact) mass is 196 g/mol. The molecule has 70 valence electrons. The first-order valence-corrected chi connectivity index (χ1v) is 4.53. The molecular weight excluding hydrogens is 184 g/mol. The smallest absolute Gasteiger partial charge is 0.141 e. The summed E-state index contributed by atoms with van der Waals surface area (Å²) in [5, 5.41) is 0.666. The van der Waals surface area contributed by atoms with Gasteiger partial charge in [0.2, 0.25) is 0 Å². The van der Waals surface area contributed by atoms with Crippen LogP contribution in [0.3, 0.4) is 0 Å². The summed E-state index contributed by atoms with van der Waals surface area (Å²) in [4.78, 5) is 0. The zero-order valence-corrected chi connectivity index (χ0v) is 8.69. The molecule has 1 aromatic carbocycles. The van der Waals surface area contributed by atoms with Crippen molar-refractivity contribution in [1.82, 2.24) is 0 Å². The highest BCUT2D eigenvalue weighted by atomic mass is 35.5. The lowest BCUT2D eigenvalue weighted by Gasteiger charge is -2.09. The molecule has 0 saturated carbocycles. The molecule has 0 spiro atoms. The van der Waals surface area contributed by atoms with Crippen LogP contribution < -0.4 is 4.74 Å². The fourth-order valence-electron chi connectivity index (χ4n) is 1.23. The van der Waals surface area contributed by atoms with Gasteiger partial charge in [-0.2, -0.15) is 0 Å². The van der Waals surface area contributed by atoms with Crippen molar-refractivity contribution in [3.05, 3.63) is 40.9 Å². The summed E-state index contributed by atoms with van der Waals surface area (Å²) in [6.45, 7) is 8.07. The standard InChI is InChI=1S/C11H13ClO/c1-4-5-13-11-9(3)6-8(2)7-10(11)12/h4,6-7H,1,5H2,2-3H3. The molecule has 1 rings (SSSR count). The Morgan fingerprint density at radius 1 is 1.46 bits per heavy atom. The van der Waals surface area contributed by atoms with Crippen molar-refractivity contribution < 1.29 is 4.74 Å². The van der Waals surface area contributed by atoms with Crippen molar-refractivity contribution in [2.24, 2.45) is 0 Å². The van der Waals surface area contributed by atoms with E-state index in [1.165, 1.54) is 0 Å². The molecule has 0 fully saturated rings. The summed E-state index contributed by atoms with van der Waals surface area (Å²) in [6.07, 6.45) is 1.70. The Morgan fingerprint density at radius 3 is 2.69 bits per heavy atom. The lowest BCUT2D eigenvalue weighted by molar-refractivity contribution is 0.361. The first-order valence-electron chi connectivity index (χ1n) is 4.15. The van der Waals surface area contributed by atoms with E-state index in [2.05, 4.69) is 6.58 Å². The predicted molar refractivity (Wildman–Crippen MR) is 56.6 cm³/mol.